The second-order valence-electron chi connectivity index (χ2n) is 7.13. The fraction of sp³-hybridized carbons (Fsp3) is 0.227. The Morgan fingerprint density at radius 2 is 1.90 bits per heavy atom. The molecule has 150 valence electrons. The molecule has 0 unspecified atom stereocenters. The Bertz CT molecular complexity index is 1310. The maximum Gasteiger partial charge on any atom is 0.252 e. The molecule has 4 heterocycles. The van der Waals surface area contributed by atoms with E-state index in [1.54, 1.807) is 18.0 Å². The van der Waals surface area contributed by atoms with Gasteiger partial charge in [0, 0.05) is 35.1 Å². The van der Waals surface area contributed by atoms with Gasteiger partial charge in [0.2, 0.25) is 0 Å². The Kier molecular flexibility index (Phi) is 4.92. The summed E-state index contributed by atoms with van der Waals surface area (Å²) in [5.74, 6) is 2.96. The van der Waals surface area contributed by atoms with Crippen LogP contribution in [0.15, 0.2) is 58.2 Å². The predicted octanol–water partition coefficient (Wildman–Crippen LogP) is 4.35. The molecule has 5 aromatic rings. The summed E-state index contributed by atoms with van der Waals surface area (Å²) in [6, 6.07) is 14.2. The van der Waals surface area contributed by atoms with Gasteiger partial charge in [-0.05, 0) is 44.5 Å². The molecular formula is C22H20N6OS. The number of para-hydroxylation sites is 1. The maximum atomic E-state index is 5.97. The lowest BCUT2D eigenvalue weighted by Gasteiger charge is -2.07. The molecule has 8 heteroatoms. The average molecular weight is 417 g/mol. The molecule has 0 amide bonds. The SMILES string of the molecule is Cc1ccnc(SCc2cc(CCc3cc4ccccc4o3)n3nc(C)nc3n2)n1. The minimum Gasteiger partial charge on any atom is -0.461 e. The first-order valence-electron chi connectivity index (χ1n) is 9.76. The summed E-state index contributed by atoms with van der Waals surface area (Å²) in [6.07, 6.45) is 3.34. The van der Waals surface area contributed by atoms with Crippen molar-refractivity contribution in [2.75, 3.05) is 0 Å². The molecule has 0 saturated carbocycles. The predicted molar refractivity (Wildman–Crippen MR) is 115 cm³/mol. The van der Waals surface area contributed by atoms with Crippen molar-refractivity contribution in [1.82, 2.24) is 29.5 Å². The standard InChI is InChI=1S/C22H20N6OS/c1-14-9-10-23-22(24-14)30-13-17-12-18(28-21(26-17)25-15(2)27-28)7-8-19-11-16-5-3-4-6-20(16)29-19/h3-6,9-12H,7-8,13H2,1-2H3. The molecule has 0 saturated heterocycles. The number of hydrogen-bond acceptors (Lipinski definition) is 7. The van der Waals surface area contributed by atoms with Crippen molar-refractivity contribution in [3.05, 3.63) is 77.3 Å². The van der Waals surface area contributed by atoms with Crippen molar-refractivity contribution < 1.29 is 4.42 Å². The van der Waals surface area contributed by atoms with E-state index >= 15 is 0 Å². The monoisotopic (exact) mass is 416 g/mol. The fourth-order valence-corrected chi connectivity index (χ4v) is 4.15. The quantitative estimate of drug-likeness (QED) is 0.300. The van der Waals surface area contributed by atoms with E-state index in [2.05, 4.69) is 43.2 Å². The summed E-state index contributed by atoms with van der Waals surface area (Å²) in [7, 11) is 0. The number of fused-ring (bicyclic) bond motifs is 2. The van der Waals surface area contributed by atoms with Gasteiger partial charge in [0.1, 0.15) is 17.2 Å². The fourth-order valence-electron chi connectivity index (χ4n) is 3.38. The zero-order valence-corrected chi connectivity index (χ0v) is 17.6. The minimum atomic E-state index is 0.621. The number of benzene rings is 1. The molecular weight excluding hydrogens is 396 g/mol. The second-order valence-corrected chi connectivity index (χ2v) is 8.07. The van der Waals surface area contributed by atoms with E-state index in [4.69, 9.17) is 4.42 Å². The highest BCUT2D eigenvalue weighted by Gasteiger charge is 2.12. The van der Waals surface area contributed by atoms with Crippen LogP contribution >= 0.6 is 11.8 Å². The van der Waals surface area contributed by atoms with Gasteiger partial charge >= 0.3 is 0 Å². The molecule has 0 bridgehead atoms. The Morgan fingerprint density at radius 3 is 2.77 bits per heavy atom. The molecule has 4 aromatic heterocycles. The second kappa shape index (κ2) is 7.87. The third-order valence-electron chi connectivity index (χ3n) is 4.77. The van der Waals surface area contributed by atoms with Gasteiger partial charge in [0.15, 0.2) is 5.16 Å². The number of furan rings is 1. The lowest BCUT2D eigenvalue weighted by Crippen LogP contribution is -2.05. The highest BCUT2D eigenvalue weighted by Crippen LogP contribution is 2.22. The third kappa shape index (κ3) is 3.91. The molecule has 0 fully saturated rings. The van der Waals surface area contributed by atoms with Gasteiger partial charge < -0.3 is 4.42 Å². The number of aryl methyl sites for hydroxylation is 4. The normalized spacial score (nSPS) is 11.5. The Labute approximate surface area is 177 Å². The van der Waals surface area contributed by atoms with E-state index < -0.39 is 0 Å². The van der Waals surface area contributed by atoms with Gasteiger partial charge in [-0.1, -0.05) is 30.0 Å². The summed E-state index contributed by atoms with van der Waals surface area (Å²) in [6.45, 7) is 3.85. The smallest absolute Gasteiger partial charge is 0.252 e. The number of rotatable bonds is 6. The zero-order valence-electron chi connectivity index (χ0n) is 16.7. The van der Waals surface area contributed by atoms with Crippen LogP contribution in [0.25, 0.3) is 16.7 Å². The molecule has 0 aliphatic heterocycles. The number of aromatic nitrogens is 6. The van der Waals surface area contributed by atoms with Crippen LogP contribution < -0.4 is 0 Å². The van der Waals surface area contributed by atoms with Crippen LogP contribution in [0.3, 0.4) is 0 Å². The average Bonchev–Trinajstić information content (AvgIpc) is 3.32. The lowest BCUT2D eigenvalue weighted by molar-refractivity contribution is 0.544. The van der Waals surface area contributed by atoms with Gasteiger partial charge in [-0.3, -0.25) is 0 Å². The van der Waals surface area contributed by atoms with Crippen molar-refractivity contribution in [3.8, 4) is 0 Å². The highest BCUT2D eigenvalue weighted by atomic mass is 32.2. The number of thioether (sulfide) groups is 1. The molecule has 0 atom stereocenters. The molecule has 30 heavy (non-hydrogen) atoms. The van der Waals surface area contributed by atoms with Gasteiger partial charge in [0.05, 0.1) is 5.69 Å². The molecule has 7 nitrogen and oxygen atoms in total. The van der Waals surface area contributed by atoms with E-state index in [9.17, 15) is 0 Å². The first kappa shape index (κ1) is 18.7. The van der Waals surface area contributed by atoms with Crippen LogP contribution in [0.2, 0.25) is 0 Å². The van der Waals surface area contributed by atoms with E-state index in [-0.39, 0.29) is 0 Å². The van der Waals surface area contributed by atoms with Crippen molar-refractivity contribution in [2.24, 2.45) is 0 Å². The van der Waals surface area contributed by atoms with E-state index in [0.29, 0.717) is 17.4 Å². The van der Waals surface area contributed by atoms with Crippen LogP contribution in [-0.2, 0) is 18.6 Å². The molecule has 0 aliphatic carbocycles. The van der Waals surface area contributed by atoms with Crippen LogP contribution in [0.4, 0.5) is 0 Å². The number of hydrogen-bond donors (Lipinski definition) is 0. The molecule has 0 N–H and O–H groups in total. The molecule has 5 rings (SSSR count). The molecule has 1 aromatic carbocycles. The maximum absolute atomic E-state index is 5.97. The van der Waals surface area contributed by atoms with Gasteiger partial charge in [-0.25, -0.2) is 19.5 Å². The topological polar surface area (TPSA) is 82.0 Å². The minimum absolute atomic E-state index is 0.621. The van der Waals surface area contributed by atoms with Crippen LogP contribution in [0, 0.1) is 13.8 Å². The van der Waals surface area contributed by atoms with Gasteiger partial charge in [0.25, 0.3) is 5.78 Å². The largest absolute Gasteiger partial charge is 0.461 e. The van der Waals surface area contributed by atoms with Crippen LogP contribution in [0.5, 0.6) is 0 Å². The van der Waals surface area contributed by atoms with Crippen molar-refractivity contribution in [1.29, 1.82) is 0 Å². The first-order valence-corrected chi connectivity index (χ1v) is 10.7. The summed E-state index contributed by atoms with van der Waals surface area (Å²) in [5.41, 5.74) is 3.86. The summed E-state index contributed by atoms with van der Waals surface area (Å²) >= 11 is 1.57. The Balaban J connectivity index is 1.39. The van der Waals surface area contributed by atoms with E-state index in [1.807, 2.05) is 42.6 Å². The third-order valence-corrected chi connectivity index (χ3v) is 5.67. The summed E-state index contributed by atoms with van der Waals surface area (Å²) in [5, 5.41) is 6.39. The number of nitrogens with zero attached hydrogens (tertiary/aromatic N) is 6. The highest BCUT2D eigenvalue weighted by molar-refractivity contribution is 7.98. The molecule has 0 radical (unpaired) electrons. The van der Waals surface area contributed by atoms with Crippen molar-refractivity contribution in [2.45, 2.75) is 37.6 Å². The van der Waals surface area contributed by atoms with Crippen molar-refractivity contribution in [3.63, 3.8) is 0 Å². The molecule has 0 aliphatic rings. The summed E-state index contributed by atoms with van der Waals surface area (Å²) in [4.78, 5) is 17.9. The van der Waals surface area contributed by atoms with Gasteiger partial charge in [-0.15, -0.1) is 0 Å². The van der Waals surface area contributed by atoms with Crippen LogP contribution in [0.1, 0.15) is 28.7 Å². The van der Waals surface area contributed by atoms with Crippen LogP contribution in [-0.4, -0.2) is 29.5 Å². The van der Waals surface area contributed by atoms with Crippen molar-refractivity contribution >= 4 is 28.5 Å². The molecule has 0 spiro atoms. The Morgan fingerprint density at radius 1 is 1.00 bits per heavy atom. The van der Waals surface area contributed by atoms with Gasteiger partial charge in [-0.2, -0.15) is 10.1 Å². The first-order chi connectivity index (χ1) is 14.6. The Hall–Kier alpha value is -3.26. The summed E-state index contributed by atoms with van der Waals surface area (Å²) < 4.78 is 7.80. The lowest BCUT2D eigenvalue weighted by atomic mass is 10.1. The van der Waals surface area contributed by atoms with E-state index in [0.717, 1.165) is 51.8 Å². The van der Waals surface area contributed by atoms with E-state index in [1.165, 1.54) is 0 Å². The zero-order chi connectivity index (χ0) is 20.5.